The maximum atomic E-state index is 13.3. The average molecular weight is 522 g/mol. The summed E-state index contributed by atoms with van der Waals surface area (Å²) in [5, 5.41) is 0. The minimum atomic E-state index is -3.86. The van der Waals surface area contributed by atoms with Crippen molar-refractivity contribution in [1.82, 2.24) is 9.80 Å². The van der Waals surface area contributed by atoms with E-state index < -0.39 is 10.0 Å². The highest BCUT2D eigenvalue weighted by atomic mass is 32.2. The summed E-state index contributed by atoms with van der Waals surface area (Å²) in [5.41, 5.74) is 4.53. The molecule has 3 aromatic rings. The quantitative estimate of drug-likeness (QED) is 0.526. The molecular formula is C28H31N3O5S. The highest BCUT2D eigenvalue weighted by Crippen LogP contribution is 2.33. The van der Waals surface area contributed by atoms with Crippen LogP contribution in [0.4, 0.5) is 5.69 Å². The third-order valence-electron chi connectivity index (χ3n) is 6.70. The fourth-order valence-corrected chi connectivity index (χ4v) is 6.17. The van der Waals surface area contributed by atoms with Crippen LogP contribution < -0.4 is 14.2 Å². The predicted molar refractivity (Wildman–Crippen MR) is 142 cm³/mol. The molecule has 5 rings (SSSR count). The molecule has 2 aliphatic rings. The summed E-state index contributed by atoms with van der Waals surface area (Å²) in [6.45, 7) is 9.18. The molecular weight excluding hydrogens is 490 g/mol. The summed E-state index contributed by atoms with van der Waals surface area (Å²) >= 11 is 0. The lowest BCUT2D eigenvalue weighted by molar-refractivity contribution is 0.0628. The van der Waals surface area contributed by atoms with Crippen molar-refractivity contribution in [3.05, 3.63) is 82.4 Å². The van der Waals surface area contributed by atoms with Gasteiger partial charge in [-0.3, -0.25) is 14.4 Å². The molecule has 0 atom stereocenters. The van der Waals surface area contributed by atoms with Gasteiger partial charge in [0.25, 0.3) is 15.9 Å². The van der Waals surface area contributed by atoms with Crippen LogP contribution in [0.1, 0.15) is 32.6 Å². The molecule has 0 aromatic heterocycles. The number of hydrogen-bond donors (Lipinski definition) is 1. The minimum absolute atomic E-state index is 0.110. The minimum Gasteiger partial charge on any atom is -0.454 e. The van der Waals surface area contributed by atoms with Crippen molar-refractivity contribution in [2.75, 3.05) is 37.7 Å². The first-order chi connectivity index (χ1) is 17.7. The molecule has 0 spiro atoms. The van der Waals surface area contributed by atoms with Gasteiger partial charge in [-0.05, 0) is 79.4 Å². The summed E-state index contributed by atoms with van der Waals surface area (Å²) in [7, 11) is -3.86. The largest absolute Gasteiger partial charge is 0.454 e. The van der Waals surface area contributed by atoms with Gasteiger partial charge in [0.2, 0.25) is 6.79 Å². The second-order valence-corrected chi connectivity index (χ2v) is 11.4. The number of sulfonamides is 1. The number of nitrogens with zero attached hydrogens (tertiary/aromatic N) is 2. The van der Waals surface area contributed by atoms with Gasteiger partial charge in [-0.25, -0.2) is 8.42 Å². The first kappa shape index (κ1) is 25.1. The van der Waals surface area contributed by atoms with E-state index in [2.05, 4.69) is 9.62 Å². The summed E-state index contributed by atoms with van der Waals surface area (Å²) in [5.74, 6) is 1.37. The Hall–Kier alpha value is -3.56. The molecule has 1 N–H and O–H groups in total. The van der Waals surface area contributed by atoms with Gasteiger partial charge < -0.3 is 14.4 Å². The van der Waals surface area contributed by atoms with E-state index in [-0.39, 0.29) is 17.6 Å². The number of piperazine rings is 1. The third-order valence-corrected chi connectivity index (χ3v) is 8.22. The highest BCUT2D eigenvalue weighted by Gasteiger charge is 2.25. The van der Waals surface area contributed by atoms with Gasteiger partial charge >= 0.3 is 0 Å². The smallest absolute Gasteiger partial charge is 0.262 e. The zero-order valence-electron chi connectivity index (χ0n) is 21.3. The van der Waals surface area contributed by atoms with Crippen molar-refractivity contribution < 1.29 is 22.7 Å². The van der Waals surface area contributed by atoms with Crippen LogP contribution in [0.2, 0.25) is 0 Å². The molecule has 0 saturated carbocycles. The van der Waals surface area contributed by atoms with Gasteiger partial charge in [0.05, 0.1) is 4.90 Å². The molecule has 8 nitrogen and oxygen atoms in total. The van der Waals surface area contributed by atoms with E-state index in [1.807, 2.05) is 38.1 Å². The topological polar surface area (TPSA) is 88.2 Å². The SMILES string of the molecule is Cc1cc(C)cc(NS(=O)(=O)c2cc(C(=O)N3CCN(Cc4ccc5c(c4)OCO5)CC3)ccc2C)c1. The second-order valence-electron chi connectivity index (χ2n) is 9.72. The standard InChI is InChI=1S/C28H31N3O5S/c1-19-12-20(2)14-24(13-19)29-37(33,34)27-16-23(6-4-21(27)3)28(32)31-10-8-30(9-11-31)17-22-5-7-25-26(15-22)36-18-35-25/h4-7,12-16,29H,8-11,17-18H2,1-3H3. The van der Waals surface area contributed by atoms with Gasteiger partial charge in [-0.2, -0.15) is 0 Å². The second kappa shape index (κ2) is 10.1. The molecule has 2 heterocycles. The van der Waals surface area contributed by atoms with Crippen LogP contribution in [-0.2, 0) is 16.6 Å². The van der Waals surface area contributed by atoms with Crippen molar-refractivity contribution in [3.63, 3.8) is 0 Å². The number of carbonyl (C=O) groups excluding carboxylic acids is 1. The van der Waals surface area contributed by atoms with Crippen molar-refractivity contribution in [3.8, 4) is 11.5 Å². The van der Waals surface area contributed by atoms with Crippen LogP contribution in [0.15, 0.2) is 59.5 Å². The first-order valence-electron chi connectivity index (χ1n) is 12.3. The number of carbonyl (C=O) groups is 1. The van der Waals surface area contributed by atoms with Crippen molar-refractivity contribution >= 4 is 21.6 Å². The van der Waals surface area contributed by atoms with Gasteiger partial charge in [-0.15, -0.1) is 0 Å². The summed E-state index contributed by atoms with van der Waals surface area (Å²) < 4.78 is 40.0. The Morgan fingerprint density at radius 2 is 1.57 bits per heavy atom. The van der Waals surface area contributed by atoms with E-state index in [4.69, 9.17) is 9.47 Å². The lowest BCUT2D eigenvalue weighted by Crippen LogP contribution is -2.48. The lowest BCUT2D eigenvalue weighted by Gasteiger charge is -2.35. The molecule has 1 fully saturated rings. The maximum absolute atomic E-state index is 13.3. The Labute approximate surface area is 217 Å². The Balaban J connectivity index is 1.25. The zero-order chi connectivity index (χ0) is 26.2. The molecule has 0 aliphatic carbocycles. The fourth-order valence-electron chi connectivity index (χ4n) is 4.86. The molecule has 3 aromatic carbocycles. The lowest BCUT2D eigenvalue weighted by atomic mass is 10.1. The molecule has 0 unspecified atom stereocenters. The molecule has 9 heteroatoms. The van der Waals surface area contributed by atoms with Crippen LogP contribution in [-0.4, -0.2) is 57.1 Å². The van der Waals surface area contributed by atoms with Crippen molar-refractivity contribution in [2.45, 2.75) is 32.2 Å². The fraction of sp³-hybridized carbons (Fsp3) is 0.321. The van der Waals surface area contributed by atoms with Gasteiger partial charge in [0.15, 0.2) is 11.5 Å². The Kier molecular flexibility index (Phi) is 6.83. The number of benzene rings is 3. The number of amides is 1. The zero-order valence-corrected chi connectivity index (χ0v) is 22.1. The van der Waals surface area contributed by atoms with E-state index in [0.29, 0.717) is 29.9 Å². The predicted octanol–water partition coefficient (Wildman–Crippen LogP) is 4.10. The van der Waals surface area contributed by atoms with E-state index in [9.17, 15) is 13.2 Å². The van der Waals surface area contributed by atoms with E-state index >= 15 is 0 Å². The first-order valence-corrected chi connectivity index (χ1v) is 13.8. The Morgan fingerprint density at radius 1 is 0.865 bits per heavy atom. The van der Waals surface area contributed by atoms with Crippen LogP contribution in [0.3, 0.4) is 0 Å². The molecule has 1 saturated heterocycles. The molecule has 0 bridgehead atoms. The van der Waals surface area contributed by atoms with Gasteiger partial charge in [0.1, 0.15) is 0 Å². The highest BCUT2D eigenvalue weighted by molar-refractivity contribution is 7.92. The number of nitrogens with one attached hydrogen (secondary N) is 1. The Bertz CT molecular complexity index is 1430. The molecule has 2 aliphatic heterocycles. The monoisotopic (exact) mass is 521 g/mol. The number of rotatable bonds is 6. The summed E-state index contributed by atoms with van der Waals surface area (Å²) in [4.78, 5) is 17.5. The average Bonchev–Trinajstić information content (AvgIpc) is 3.31. The number of hydrogen-bond acceptors (Lipinski definition) is 6. The number of ether oxygens (including phenoxy) is 2. The Morgan fingerprint density at radius 3 is 2.30 bits per heavy atom. The van der Waals surface area contributed by atoms with Crippen LogP contribution in [0, 0.1) is 20.8 Å². The molecule has 194 valence electrons. The molecule has 37 heavy (non-hydrogen) atoms. The van der Waals surface area contributed by atoms with Gasteiger partial charge in [-0.1, -0.05) is 18.2 Å². The van der Waals surface area contributed by atoms with Crippen LogP contribution >= 0.6 is 0 Å². The molecule has 1 amide bonds. The number of aryl methyl sites for hydroxylation is 3. The van der Waals surface area contributed by atoms with Crippen LogP contribution in [0.25, 0.3) is 0 Å². The third kappa shape index (κ3) is 5.57. The number of anilines is 1. The maximum Gasteiger partial charge on any atom is 0.262 e. The van der Waals surface area contributed by atoms with Crippen molar-refractivity contribution in [1.29, 1.82) is 0 Å². The number of fused-ring (bicyclic) bond motifs is 1. The summed E-state index contributed by atoms with van der Waals surface area (Å²) in [6.07, 6.45) is 0. The molecule has 0 radical (unpaired) electrons. The normalized spacial score (nSPS) is 15.6. The van der Waals surface area contributed by atoms with E-state index in [1.54, 1.807) is 36.1 Å². The van der Waals surface area contributed by atoms with Crippen molar-refractivity contribution in [2.24, 2.45) is 0 Å². The van der Waals surface area contributed by atoms with E-state index in [1.165, 1.54) is 6.07 Å². The summed E-state index contributed by atoms with van der Waals surface area (Å²) in [6, 6.07) is 16.4. The van der Waals surface area contributed by atoms with Crippen LogP contribution in [0.5, 0.6) is 11.5 Å². The van der Waals surface area contributed by atoms with E-state index in [0.717, 1.165) is 47.8 Å². The van der Waals surface area contributed by atoms with Gasteiger partial charge in [0, 0.05) is 44.0 Å².